The van der Waals surface area contributed by atoms with Crippen LogP contribution in [-0.4, -0.2) is 0 Å². The molecule has 0 N–H and O–H groups in total. The van der Waals surface area contributed by atoms with Gasteiger partial charge in [-0.25, -0.2) is 0 Å². The minimum Gasteiger partial charge on any atom is -0.0610 e. The standard InChI is InChI=1S/C18H9/c1-3-11-7-9-13-10-8-12-4-2-6-15-14(5-1)16(11)18(13)17(12)15/h1-9H. The van der Waals surface area contributed by atoms with Gasteiger partial charge in [0.1, 0.15) is 0 Å². The molecule has 5 rings (SSSR count). The van der Waals surface area contributed by atoms with Crippen molar-refractivity contribution in [2.45, 2.75) is 0 Å². The van der Waals surface area contributed by atoms with Gasteiger partial charge in [0.05, 0.1) is 0 Å². The molecule has 0 heterocycles. The van der Waals surface area contributed by atoms with Crippen LogP contribution < -0.4 is 0 Å². The average molecular weight is 225 g/mol. The maximum atomic E-state index is 3.41. The zero-order valence-electron chi connectivity index (χ0n) is 9.70. The normalized spacial score (nSPS) is 12.4. The van der Waals surface area contributed by atoms with E-state index in [1.165, 1.54) is 43.4 Å². The predicted octanol–water partition coefficient (Wildman–Crippen LogP) is 4.93. The number of hydrogen-bond donors (Lipinski definition) is 0. The van der Waals surface area contributed by atoms with Crippen molar-refractivity contribution in [3.05, 3.63) is 60.7 Å². The molecule has 4 aromatic carbocycles. The summed E-state index contributed by atoms with van der Waals surface area (Å²) in [4.78, 5) is 0. The highest BCUT2D eigenvalue weighted by Gasteiger charge is 2.19. The third-order valence-electron chi connectivity index (χ3n) is 4.07. The molecule has 1 aliphatic rings. The Morgan fingerprint density at radius 1 is 0.611 bits per heavy atom. The monoisotopic (exact) mass is 225 g/mol. The summed E-state index contributed by atoms with van der Waals surface area (Å²) in [6, 6.07) is 23.0. The number of rotatable bonds is 0. The molecule has 0 saturated carbocycles. The molecule has 0 bridgehead atoms. The van der Waals surface area contributed by atoms with Gasteiger partial charge in [-0.1, -0.05) is 48.5 Å². The van der Waals surface area contributed by atoms with Crippen LogP contribution in [-0.2, 0) is 0 Å². The van der Waals surface area contributed by atoms with Crippen LogP contribution in [0.2, 0.25) is 0 Å². The largest absolute Gasteiger partial charge is 0.0610 e. The van der Waals surface area contributed by atoms with E-state index in [1.807, 2.05) is 0 Å². The Balaban J connectivity index is 2.31. The van der Waals surface area contributed by atoms with Crippen molar-refractivity contribution in [1.29, 1.82) is 0 Å². The minimum absolute atomic E-state index is 1.23. The lowest BCUT2D eigenvalue weighted by Gasteiger charge is -2.02. The van der Waals surface area contributed by atoms with Gasteiger partial charge in [0, 0.05) is 0 Å². The molecule has 18 heavy (non-hydrogen) atoms. The molecule has 0 saturated heterocycles. The first-order valence-corrected chi connectivity index (χ1v) is 6.23. The maximum absolute atomic E-state index is 3.41. The molecule has 0 aromatic heterocycles. The molecular weight excluding hydrogens is 216 g/mol. The summed E-state index contributed by atoms with van der Waals surface area (Å²) < 4.78 is 0. The van der Waals surface area contributed by atoms with Gasteiger partial charge >= 0.3 is 0 Å². The predicted molar refractivity (Wildman–Crippen MR) is 76.8 cm³/mol. The SMILES string of the molecule is [c]1cc2cccc3c2c2c1ccc1cccc-3c12. The minimum atomic E-state index is 1.23. The lowest BCUT2D eigenvalue weighted by Crippen LogP contribution is -1.76. The Morgan fingerprint density at radius 3 is 2.17 bits per heavy atom. The van der Waals surface area contributed by atoms with Crippen molar-refractivity contribution in [2.24, 2.45) is 0 Å². The Labute approximate surface area is 104 Å². The van der Waals surface area contributed by atoms with E-state index in [0.717, 1.165) is 0 Å². The topological polar surface area (TPSA) is 0 Å². The Bertz CT molecular complexity index is 885. The Hall–Kier alpha value is -2.34. The summed E-state index contributed by atoms with van der Waals surface area (Å²) >= 11 is 0. The highest BCUT2D eigenvalue weighted by Crippen LogP contribution is 2.46. The van der Waals surface area contributed by atoms with Crippen molar-refractivity contribution in [3.8, 4) is 11.1 Å². The van der Waals surface area contributed by atoms with Crippen LogP contribution in [0.4, 0.5) is 0 Å². The first-order chi connectivity index (χ1) is 8.93. The van der Waals surface area contributed by atoms with Crippen molar-refractivity contribution < 1.29 is 0 Å². The zero-order chi connectivity index (χ0) is 11.7. The van der Waals surface area contributed by atoms with Crippen molar-refractivity contribution in [2.75, 3.05) is 0 Å². The highest BCUT2D eigenvalue weighted by molar-refractivity contribution is 6.32. The van der Waals surface area contributed by atoms with Gasteiger partial charge in [-0.15, -0.1) is 0 Å². The summed E-state index contributed by atoms with van der Waals surface area (Å²) in [6.45, 7) is 0. The summed E-state index contributed by atoms with van der Waals surface area (Å²) in [7, 11) is 0. The number of fused-ring (bicyclic) bond motifs is 1. The van der Waals surface area contributed by atoms with Gasteiger partial charge in [-0.2, -0.15) is 0 Å². The van der Waals surface area contributed by atoms with Crippen molar-refractivity contribution in [3.63, 3.8) is 0 Å². The summed E-state index contributed by atoms with van der Waals surface area (Å²) in [5.41, 5.74) is 2.75. The van der Waals surface area contributed by atoms with E-state index in [-0.39, 0.29) is 0 Å². The van der Waals surface area contributed by atoms with E-state index in [1.54, 1.807) is 0 Å². The van der Waals surface area contributed by atoms with Crippen LogP contribution >= 0.6 is 0 Å². The van der Waals surface area contributed by atoms with Crippen LogP contribution in [0.3, 0.4) is 0 Å². The molecule has 1 aliphatic carbocycles. The van der Waals surface area contributed by atoms with Gasteiger partial charge in [-0.05, 0) is 55.6 Å². The third-order valence-corrected chi connectivity index (χ3v) is 4.07. The first kappa shape index (κ1) is 8.71. The van der Waals surface area contributed by atoms with Gasteiger partial charge in [0.2, 0.25) is 0 Å². The Morgan fingerprint density at radius 2 is 1.33 bits per heavy atom. The highest BCUT2D eigenvalue weighted by atomic mass is 14.2. The van der Waals surface area contributed by atoms with Gasteiger partial charge < -0.3 is 0 Å². The van der Waals surface area contributed by atoms with E-state index < -0.39 is 0 Å². The number of hydrogen-bond acceptors (Lipinski definition) is 0. The summed E-state index contributed by atoms with van der Waals surface area (Å²) in [6.07, 6.45) is 0. The molecule has 0 atom stereocenters. The van der Waals surface area contributed by atoms with E-state index >= 15 is 0 Å². The molecule has 0 fully saturated rings. The van der Waals surface area contributed by atoms with Crippen molar-refractivity contribution in [1.82, 2.24) is 0 Å². The van der Waals surface area contributed by atoms with E-state index in [0.29, 0.717) is 0 Å². The van der Waals surface area contributed by atoms with Crippen LogP contribution in [0.15, 0.2) is 54.6 Å². The fraction of sp³-hybridized carbons (Fsp3) is 0. The van der Waals surface area contributed by atoms with Crippen LogP contribution in [0.25, 0.3) is 43.4 Å². The maximum Gasteiger partial charge on any atom is -0.000807 e. The summed E-state index contributed by atoms with van der Waals surface area (Å²) in [5, 5.41) is 8.04. The molecule has 81 valence electrons. The fourth-order valence-electron chi connectivity index (χ4n) is 3.33. The summed E-state index contributed by atoms with van der Waals surface area (Å²) in [5.74, 6) is 0. The number of benzene rings is 4. The first-order valence-electron chi connectivity index (χ1n) is 6.23. The van der Waals surface area contributed by atoms with Gasteiger partial charge in [0.25, 0.3) is 0 Å². The quantitative estimate of drug-likeness (QED) is 0.328. The molecule has 0 heteroatoms. The lowest BCUT2D eigenvalue weighted by molar-refractivity contribution is 1.76. The zero-order valence-corrected chi connectivity index (χ0v) is 9.70. The molecular formula is C18H9. The molecule has 4 aromatic rings. The fourth-order valence-corrected chi connectivity index (χ4v) is 3.33. The molecule has 0 spiro atoms. The van der Waals surface area contributed by atoms with Crippen LogP contribution in [0.1, 0.15) is 0 Å². The van der Waals surface area contributed by atoms with Crippen LogP contribution in [0, 0.1) is 6.07 Å². The van der Waals surface area contributed by atoms with E-state index in [2.05, 4.69) is 60.7 Å². The molecule has 1 radical (unpaired) electrons. The van der Waals surface area contributed by atoms with Gasteiger partial charge in [0.15, 0.2) is 0 Å². The molecule has 0 nitrogen and oxygen atoms in total. The van der Waals surface area contributed by atoms with E-state index in [4.69, 9.17) is 0 Å². The smallest absolute Gasteiger partial charge is 0.000807 e. The molecule has 0 aliphatic heterocycles. The van der Waals surface area contributed by atoms with Crippen molar-refractivity contribution >= 4 is 32.3 Å². The Kier molecular flexibility index (Phi) is 1.32. The van der Waals surface area contributed by atoms with Gasteiger partial charge in [-0.3, -0.25) is 0 Å². The van der Waals surface area contributed by atoms with E-state index in [9.17, 15) is 0 Å². The third kappa shape index (κ3) is 0.820. The second-order valence-electron chi connectivity index (χ2n) is 4.95. The lowest BCUT2D eigenvalue weighted by atomic mass is 10.0. The van der Waals surface area contributed by atoms with Crippen LogP contribution in [0.5, 0.6) is 0 Å². The average Bonchev–Trinajstić information content (AvgIpc) is 2.78. The molecule has 0 unspecified atom stereocenters. The second kappa shape index (κ2) is 2.73. The molecule has 0 amide bonds. The second-order valence-corrected chi connectivity index (χ2v) is 4.95.